The zero-order valence-electron chi connectivity index (χ0n) is 11.2. The van der Waals surface area contributed by atoms with Crippen molar-refractivity contribution in [1.82, 2.24) is 10.6 Å². The minimum absolute atomic E-state index is 0. The first kappa shape index (κ1) is 16.2. The molecule has 1 aromatic rings. The fraction of sp³-hybridized carbons (Fsp3) is 0.500. The second-order valence-corrected chi connectivity index (χ2v) is 4.70. The van der Waals surface area contributed by atoms with Crippen LogP contribution in [0.15, 0.2) is 29.3 Å². The van der Waals surface area contributed by atoms with Gasteiger partial charge in [-0.05, 0) is 42.9 Å². The van der Waals surface area contributed by atoms with Crippen LogP contribution in [-0.2, 0) is 6.42 Å². The Balaban J connectivity index is 0.00000180. The molecule has 0 heterocycles. The first-order valence-electron chi connectivity index (χ1n) is 6.47. The van der Waals surface area contributed by atoms with Crippen molar-refractivity contribution in [2.24, 2.45) is 10.9 Å². The van der Waals surface area contributed by atoms with Crippen LogP contribution in [0.25, 0.3) is 0 Å². The maximum absolute atomic E-state index is 13.0. The summed E-state index contributed by atoms with van der Waals surface area (Å²) in [7, 11) is 1.77. The normalized spacial score (nSPS) is 14.7. The molecule has 0 saturated heterocycles. The summed E-state index contributed by atoms with van der Waals surface area (Å²) in [5.41, 5.74) is 1.00. The Morgan fingerprint density at radius 3 is 2.79 bits per heavy atom. The molecule has 106 valence electrons. The van der Waals surface area contributed by atoms with Gasteiger partial charge < -0.3 is 10.6 Å². The summed E-state index contributed by atoms with van der Waals surface area (Å²) in [6.45, 7) is 1.76. The van der Waals surface area contributed by atoms with Crippen LogP contribution in [-0.4, -0.2) is 26.1 Å². The average molecular weight is 377 g/mol. The van der Waals surface area contributed by atoms with Crippen LogP contribution in [0.3, 0.4) is 0 Å². The zero-order valence-corrected chi connectivity index (χ0v) is 13.5. The summed E-state index contributed by atoms with van der Waals surface area (Å²) in [5, 5.41) is 6.53. The SMILES string of the molecule is CN=C(NCCc1cccc(F)c1)NCC1CC1.I. The molecule has 0 aromatic heterocycles. The third-order valence-corrected chi connectivity index (χ3v) is 3.07. The molecule has 0 aliphatic heterocycles. The molecule has 0 radical (unpaired) electrons. The molecule has 1 aromatic carbocycles. The van der Waals surface area contributed by atoms with Gasteiger partial charge in [-0.15, -0.1) is 24.0 Å². The molecule has 3 nitrogen and oxygen atoms in total. The van der Waals surface area contributed by atoms with Crippen molar-refractivity contribution in [2.45, 2.75) is 19.3 Å². The Labute approximate surface area is 131 Å². The number of nitrogens with one attached hydrogen (secondary N) is 2. The van der Waals surface area contributed by atoms with Crippen LogP contribution < -0.4 is 10.6 Å². The third kappa shape index (κ3) is 6.22. The highest BCUT2D eigenvalue weighted by molar-refractivity contribution is 14.0. The average Bonchev–Trinajstić information content (AvgIpc) is 3.17. The Morgan fingerprint density at radius 1 is 1.37 bits per heavy atom. The quantitative estimate of drug-likeness (QED) is 0.470. The van der Waals surface area contributed by atoms with Crippen LogP contribution >= 0.6 is 24.0 Å². The van der Waals surface area contributed by atoms with E-state index in [-0.39, 0.29) is 29.8 Å². The van der Waals surface area contributed by atoms with E-state index < -0.39 is 0 Å². The van der Waals surface area contributed by atoms with Crippen LogP contribution in [0.4, 0.5) is 4.39 Å². The van der Waals surface area contributed by atoms with Crippen molar-refractivity contribution in [1.29, 1.82) is 0 Å². The minimum Gasteiger partial charge on any atom is -0.356 e. The van der Waals surface area contributed by atoms with Crippen LogP contribution in [0, 0.1) is 11.7 Å². The number of rotatable bonds is 5. The van der Waals surface area contributed by atoms with Gasteiger partial charge in [0, 0.05) is 20.1 Å². The highest BCUT2D eigenvalue weighted by Crippen LogP contribution is 2.27. The molecular weight excluding hydrogens is 356 g/mol. The number of halogens is 2. The molecule has 1 aliphatic carbocycles. The van der Waals surface area contributed by atoms with Gasteiger partial charge in [-0.2, -0.15) is 0 Å². The third-order valence-electron chi connectivity index (χ3n) is 3.07. The van der Waals surface area contributed by atoms with Gasteiger partial charge in [0.05, 0.1) is 0 Å². The van der Waals surface area contributed by atoms with Gasteiger partial charge in [0.15, 0.2) is 5.96 Å². The zero-order chi connectivity index (χ0) is 12.8. The maximum Gasteiger partial charge on any atom is 0.190 e. The molecule has 0 spiro atoms. The summed E-state index contributed by atoms with van der Waals surface area (Å²) in [4.78, 5) is 4.16. The monoisotopic (exact) mass is 377 g/mol. The lowest BCUT2D eigenvalue weighted by Gasteiger charge is -2.11. The van der Waals surface area contributed by atoms with Gasteiger partial charge in [-0.25, -0.2) is 4.39 Å². The van der Waals surface area contributed by atoms with Crippen molar-refractivity contribution < 1.29 is 4.39 Å². The first-order valence-corrected chi connectivity index (χ1v) is 6.47. The second kappa shape index (κ2) is 8.35. The number of nitrogens with zero attached hydrogens (tertiary/aromatic N) is 1. The topological polar surface area (TPSA) is 36.4 Å². The van der Waals surface area contributed by atoms with Crippen LogP contribution in [0.1, 0.15) is 18.4 Å². The van der Waals surface area contributed by atoms with E-state index in [4.69, 9.17) is 0 Å². The Bertz CT molecular complexity index is 419. The van der Waals surface area contributed by atoms with Gasteiger partial charge in [-0.3, -0.25) is 4.99 Å². The molecule has 1 fully saturated rings. The molecule has 1 aliphatic rings. The Kier molecular flexibility index (Phi) is 7.12. The van der Waals surface area contributed by atoms with Crippen LogP contribution in [0.2, 0.25) is 0 Å². The number of guanidine groups is 1. The van der Waals surface area contributed by atoms with Crippen molar-refractivity contribution in [3.05, 3.63) is 35.6 Å². The molecule has 0 amide bonds. The van der Waals surface area contributed by atoms with E-state index in [2.05, 4.69) is 15.6 Å². The first-order chi connectivity index (χ1) is 8.78. The van der Waals surface area contributed by atoms with E-state index in [0.29, 0.717) is 0 Å². The standard InChI is InChI=1S/C14H20FN3.HI/c1-16-14(18-10-12-5-6-12)17-8-7-11-3-2-4-13(15)9-11;/h2-4,9,12H,5-8,10H2,1H3,(H2,16,17,18);1H. The molecule has 0 atom stereocenters. The van der Waals surface area contributed by atoms with Gasteiger partial charge in [0.25, 0.3) is 0 Å². The highest BCUT2D eigenvalue weighted by Gasteiger charge is 2.20. The number of benzene rings is 1. The van der Waals surface area contributed by atoms with Crippen molar-refractivity contribution >= 4 is 29.9 Å². The summed E-state index contributed by atoms with van der Waals surface area (Å²) >= 11 is 0. The lowest BCUT2D eigenvalue weighted by atomic mass is 10.1. The van der Waals surface area contributed by atoms with Crippen molar-refractivity contribution in [2.75, 3.05) is 20.1 Å². The molecule has 5 heteroatoms. The van der Waals surface area contributed by atoms with Crippen LogP contribution in [0.5, 0.6) is 0 Å². The molecule has 19 heavy (non-hydrogen) atoms. The maximum atomic E-state index is 13.0. The van der Waals surface area contributed by atoms with Gasteiger partial charge in [-0.1, -0.05) is 12.1 Å². The molecule has 0 bridgehead atoms. The lowest BCUT2D eigenvalue weighted by Crippen LogP contribution is -2.39. The van der Waals surface area contributed by atoms with Crippen molar-refractivity contribution in [3.8, 4) is 0 Å². The number of hydrogen-bond acceptors (Lipinski definition) is 1. The van der Waals surface area contributed by atoms with E-state index in [9.17, 15) is 4.39 Å². The fourth-order valence-corrected chi connectivity index (χ4v) is 1.80. The molecule has 0 unspecified atom stereocenters. The summed E-state index contributed by atoms with van der Waals surface area (Å²) in [6.07, 6.45) is 3.45. The predicted octanol–water partition coefficient (Wildman–Crippen LogP) is 2.56. The van der Waals surface area contributed by atoms with E-state index >= 15 is 0 Å². The number of hydrogen-bond donors (Lipinski definition) is 2. The minimum atomic E-state index is -0.177. The largest absolute Gasteiger partial charge is 0.356 e. The highest BCUT2D eigenvalue weighted by atomic mass is 127. The van der Waals surface area contributed by atoms with Gasteiger partial charge in [0.2, 0.25) is 0 Å². The molecular formula is C14H21FIN3. The van der Waals surface area contributed by atoms with Gasteiger partial charge in [0.1, 0.15) is 5.82 Å². The van der Waals surface area contributed by atoms with Gasteiger partial charge >= 0.3 is 0 Å². The fourth-order valence-electron chi connectivity index (χ4n) is 1.80. The predicted molar refractivity (Wildman–Crippen MR) is 87.6 cm³/mol. The number of aliphatic imine (C=N–C) groups is 1. The second-order valence-electron chi connectivity index (χ2n) is 4.70. The van der Waals surface area contributed by atoms with E-state index in [1.165, 1.54) is 18.9 Å². The molecule has 2 N–H and O–H groups in total. The molecule has 1 saturated carbocycles. The molecule has 2 rings (SSSR count). The summed E-state index contributed by atoms with van der Waals surface area (Å²) in [5.74, 6) is 1.48. The summed E-state index contributed by atoms with van der Waals surface area (Å²) in [6, 6.07) is 6.71. The van der Waals surface area contributed by atoms with E-state index in [0.717, 1.165) is 37.0 Å². The van der Waals surface area contributed by atoms with Crippen molar-refractivity contribution in [3.63, 3.8) is 0 Å². The van der Waals surface area contributed by atoms with E-state index in [1.54, 1.807) is 19.2 Å². The lowest BCUT2D eigenvalue weighted by molar-refractivity contribution is 0.625. The van der Waals surface area contributed by atoms with E-state index in [1.807, 2.05) is 6.07 Å². The Hall–Kier alpha value is -0.850. The Morgan fingerprint density at radius 2 is 2.16 bits per heavy atom. The summed E-state index contributed by atoms with van der Waals surface area (Å²) < 4.78 is 13.0. The smallest absolute Gasteiger partial charge is 0.190 e.